The van der Waals surface area contributed by atoms with Crippen LogP contribution in [-0.4, -0.2) is 28.9 Å². The van der Waals surface area contributed by atoms with Gasteiger partial charge in [-0.05, 0) is 60.2 Å². The molecule has 0 radical (unpaired) electrons. The van der Waals surface area contributed by atoms with Gasteiger partial charge in [-0.25, -0.2) is 4.98 Å². The zero-order valence-electron chi connectivity index (χ0n) is 18.2. The third-order valence-electron chi connectivity index (χ3n) is 5.63. The highest BCUT2D eigenvalue weighted by Gasteiger charge is 2.46. The van der Waals surface area contributed by atoms with E-state index in [0.29, 0.717) is 21.3 Å². The lowest BCUT2D eigenvalue weighted by molar-refractivity contribution is -0.117. The Morgan fingerprint density at radius 1 is 1.15 bits per heavy atom. The van der Waals surface area contributed by atoms with Crippen molar-refractivity contribution >= 4 is 49.7 Å². The monoisotopic (exact) mass is 476 g/mol. The average molecular weight is 477 g/mol. The van der Waals surface area contributed by atoms with Gasteiger partial charge in [0.05, 0.1) is 33.8 Å². The van der Waals surface area contributed by atoms with Gasteiger partial charge >= 0.3 is 0 Å². The molecular weight excluding hydrogens is 456 g/mol. The molecule has 0 unspecified atom stereocenters. The van der Waals surface area contributed by atoms with Gasteiger partial charge in [0.2, 0.25) is 5.78 Å². The molecule has 1 N–H and O–H groups in total. The summed E-state index contributed by atoms with van der Waals surface area (Å²) in [5.41, 5.74) is 3.60. The Balaban J connectivity index is 1.71. The summed E-state index contributed by atoms with van der Waals surface area (Å²) in [6.07, 6.45) is 0. The molecule has 3 heterocycles. The van der Waals surface area contributed by atoms with Crippen molar-refractivity contribution in [1.29, 1.82) is 0 Å². The Kier molecular flexibility index (Phi) is 5.26. The summed E-state index contributed by atoms with van der Waals surface area (Å²) in [6, 6.07) is 13.9. The number of nitrogens with zero attached hydrogens (tertiary/aromatic N) is 2. The van der Waals surface area contributed by atoms with Gasteiger partial charge < -0.3 is 9.84 Å². The van der Waals surface area contributed by atoms with Crippen molar-refractivity contribution in [3.8, 4) is 5.75 Å². The number of carbonyl (C=O) groups excluding carboxylic acids is 2. The molecule has 2 aromatic heterocycles. The Morgan fingerprint density at radius 2 is 1.97 bits per heavy atom. The van der Waals surface area contributed by atoms with Crippen molar-refractivity contribution in [3.63, 3.8) is 0 Å². The summed E-state index contributed by atoms with van der Waals surface area (Å²) in [4.78, 5) is 33.4. The molecular formula is C25H20N2O4S2. The van der Waals surface area contributed by atoms with Gasteiger partial charge in [-0.3, -0.25) is 14.5 Å². The van der Waals surface area contributed by atoms with E-state index in [2.05, 4.69) is 0 Å². The predicted octanol–water partition coefficient (Wildman–Crippen LogP) is 5.77. The van der Waals surface area contributed by atoms with Crippen LogP contribution in [0.4, 0.5) is 5.13 Å². The van der Waals surface area contributed by atoms with Crippen LogP contribution in [-0.2, 0) is 4.79 Å². The molecule has 6 nitrogen and oxygen atoms in total. The zero-order chi connectivity index (χ0) is 23.3. The van der Waals surface area contributed by atoms with E-state index in [1.165, 1.54) is 27.6 Å². The number of rotatable bonds is 5. The van der Waals surface area contributed by atoms with Crippen LogP contribution in [0.3, 0.4) is 0 Å². The molecule has 0 bridgehead atoms. The van der Waals surface area contributed by atoms with Crippen molar-refractivity contribution < 1.29 is 19.4 Å². The van der Waals surface area contributed by atoms with Crippen molar-refractivity contribution in [2.75, 3.05) is 12.0 Å². The number of aromatic nitrogens is 1. The minimum Gasteiger partial charge on any atom is -0.503 e. The molecule has 0 saturated carbocycles. The van der Waals surface area contributed by atoms with Crippen LogP contribution < -0.4 is 9.64 Å². The second kappa shape index (κ2) is 8.13. The van der Waals surface area contributed by atoms with Crippen LogP contribution >= 0.6 is 22.7 Å². The van der Waals surface area contributed by atoms with Gasteiger partial charge in [0.15, 0.2) is 10.9 Å². The maximum atomic E-state index is 13.4. The molecule has 1 aliphatic rings. The standard InChI is InChI=1S/C25H20N2O4S2/c1-13-10-14(2)20-18(11-13)33-25(26-20)27-21(15-6-4-7-16(12-15)31-3)19(23(29)24(27)30)22(28)17-8-5-9-32-17/h4-12,21,29H,1-3H3/t21-/m0/s1. The number of fused-ring (bicyclic) bond motifs is 1. The van der Waals surface area contributed by atoms with E-state index >= 15 is 0 Å². The SMILES string of the molecule is COc1cccc([C@H]2C(C(=O)c3cccs3)=C(O)C(=O)N2c2nc3c(C)cc(C)cc3s2)c1. The number of carbonyl (C=O) groups is 2. The fourth-order valence-corrected chi connectivity index (χ4v) is 6.01. The van der Waals surface area contributed by atoms with Crippen LogP contribution in [0, 0.1) is 13.8 Å². The third kappa shape index (κ3) is 3.51. The summed E-state index contributed by atoms with van der Waals surface area (Å²) in [6.45, 7) is 3.99. The smallest absolute Gasteiger partial charge is 0.296 e. The number of aliphatic hydroxyl groups excluding tert-OH is 1. The number of hydrogen-bond donors (Lipinski definition) is 1. The Morgan fingerprint density at radius 3 is 2.70 bits per heavy atom. The van der Waals surface area contributed by atoms with E-state index in [1.807, 2.05) is 32.0 Å². The highest BCUT2D eigenvalue weighted by atomic mass is 32.1. The highest BCUT2D eigenvalue weighted by Crippen LogP contribution is 2.45. The first-order chi connectivity index (χ1) is 15.9. The number of aliphatic hydroxyl groups is 1. The maximum absolute atomic E-state index is 13.4. The molecule has 1 aliphatic heterocycles. The summed E-state index contributed by atoms with van der Waals surface area (Å²) in [5.74, 6) is -0.978. The number of anilines is 1. The van der Waals surface area contributed by atoms with Gasteiger partial charge in [0.1, 0.15) is 5.75 Å². The fourth-order valence-electron chi connectivity index (χ4n) is 4.16. The largest absolute Gasteiger partial charge is 0.503 e. The van der Waals surface area contributed by atoms with Crippen LogP contribution in [0.2, 0.25) is 0 Å². The lowest BCUT2D eigenvalue weighted by Gasteiger charge is -2.24. The van der Waals surface area contributed by atoms with Crippen molar-refractivity contribution in [1.82, 2.24) is 4.98 Å². The van der Waals surface area contributed by atoms with E-state index < -0.39 is 17.7 Å². The number of aryl methyl sites for hydroxylation is 2. The molecule has 1 atom stereocenters. The molecule has 5 rings (SSSR count). The second-order valence-corrected chi connectivity index (χ2v) is 9.80. The molecule has 8 heteroatoms. The first-order valence-electron chi connectivity index (χ1n) is 10.3. The van der Waals surface area contributed by atoms with Crippen LogP contribution in [0.25, 0.3) is 10.2 Å². The van der Waals surface area contributed by atoms with Crippen LogP contribution in [0.15, 0.2) is 65.2 Å². The number of ketones is 1. The Hall–Kier alpha value is -3.49. The van der Waals surface area contributed by atoms with Crippen molar-refractivity contribution in [2.24, 2.45) is 0 Å². The quantitative estimate of drug-likeness (QED) is 0.370. The molecule has 33 heavy (non-hydrogen) atoms. The topological polar surface area (TPSA) is 79.7 Å². The molecule has 0 saturated heterocycles. The number of benzene rings is 2. The maximum Gasteiger partial charge on any atom is 0.296 e. The van der Waals surface area contributed by atoms with Gasteiger partial charge in [-0.2, -0.15) is 0 Å². The number of thiophene rings is 1. The molecule has 4 aromatic rings. The van der Waals surface area contributed by atoms with Crippen LogP contribution in [0.1, 0.15) is 32.4 Å². The normalized spacial score (nSPS) is 16.2. The number of thiazole rings is 1. The number of methoxy groups -OCH3 is 1. The van der Waals surface area contributed by atoms with Gasteiger partial charge in [0, 0.05) is 0 Å². The Bertz CT molecular complexity index is 1440. The summed E-state index contributed by atoms with van der Waals surface area (Å²) in [7, 11) is 1.56. The van der Waals surface area contributed by atoms with E-state index in [1.54, 1.807) is 42.8 Å². The number of Topliss-reactive ketones (excluding diaryl/α,β-unsaturated/α-hetero) is 1. The zero-order valence-corrected chi connectivity index (χ0v) is 19.8. The van der Waals surface area contributed by atoms with Crippen molar-refractivity contribution in [3.05, 3.63) is 86.8 Å². The first-order valence-corrected chi connectivity index (χ1v) is 11.9. The van der Waals surface area contributed by atoms with Gasteiger partial charge in [-0.1, -0.05) is 35.6 Å². The molecule has 0 spiro atoms. The van der Waals surface area contributed by atoms with E-state index in [-0.39, 0.29) is 11.4 Å². The molecule has 2 aromatic carbocycles. The molecule has 166 valence electrons. The number of hydrogen-bond acceptors (Lipinski definition) is 7. The predicted molar refractivity (Wildman–Crippen MR) is 131 cm³/mol. The van der Waals surface area contributed by atoms with Gasteiger partial charge in [0.25, 0.3) is 5.91 Å². The average Bonchev–Trinajstić information content (AvgIpc) is 3.53. The highest BCUT2D eigenvalue weighted by molar-refractivity contribution is 7.22. The van der Waals surface area contributed by atoms with E-state index in [4.69, 9.17) is 9.72 Å². The first kappa shape index (κ1) is 21.4. The second-order valence-electron chi connectivity index (χ2n) is 7.85. The molecule has 0 aliphatic carbocycles. The number of amides is 1. The van der Waals surface area contributed by atoms with Crippen molar-refractivity contribution in [2.45, 2.75) is 19.9 Å². The fraction of sp³-hybridized carbons (Fsp3) is 0.160. The van der Waals surface area contributed by atoms with E-state index in [9.17, 15) is 14.7 Å². The van der Waals surface area contributed by atoms with E-state index in [0.717, 1.165) is 21.3 Å². The summed E-state index contributed by atoms with van der Waals surface area (Å²) >= 11 is 2.63. The molecule has 1 amide bonds. The lowest BCUT2D eigenvalue weighted by Crippen LogP contribution is -2.30. The lowest BCUT2D eigenvalue weighted by atomic mass is 9.95. The number of ether oxygens (including phenoxy) is 1. The minimum atomic E-state index is -0.829. The summed E-state index contributed by atoms with van der Waals surface area (Å²) in [5, 5.41) is 13.1. The van der Waals surface area contributed by atoms with Crippen LogP contribution in [0.5, 0.6) is 5.75 Å². The summed E-state index contributed by atoms with van der Waals surface area (Å²) < 4.78 is 6.32. The molecule has 0 fully saturated rings. The Labute approximate surface area is 198 Å². The van der Waals surface area contributed by atoms with Gasteiger partial charge in [-0.15, -0.1) is 11.3 Å². The minimum absolute atomic E-state index is 0.0443. The third-order valence-corrected chi connectivity index (χ3v) is 7.50.